The van der Waals surface area contributed by atoms with Crippen LogP contribution in [0.15, 0.2) is 29.3 Å². The maximum atomic E-state index is 10.6. The Morgan fingerprint density at radius 1 is 1.18 bits per heavy atom. The second-order valence-electron chi connectivity index (χ2n) is 2.93. The standard InChI is InChI=1S/C9H11N5O2.ClH/c10-8(11)14-9(12)13-6-3-1-5(2-4-6)7(15)16;/h1-4H,(H,15,16)(H6,10,11,12,13,14);1H. The number of halogens is 1. The first kappa shape index (κ1) is 14.7. The van der Waals surface area contributed by atoms with Crippen molar-refractivity contribution in [3.8, 4) is 0 Å². The summed E-state index contributed by atoms with van der Waals surface area (Å²) in [6.45, 7) is 0. The van der Waals surface area contributed by atoms with E-state index in [0.29, 0.717) is 5.69 Å². The number of hydrogen-bond donors (Lipinski definition) is 5. The van der Waals surface area contributed by atoms with Gasteiger partial charge < -0.3 is 34.7 Å². The predicted molar refractivity (Wildman–Crippen MR) is 59.0 cm³/mol. The number of aromatic carboxylic acids is 1. The van der Waals surface area contributed by atoms with Gasteiger partial charge in [-0.25, -0.2) is 9.79 Å². The molecule has 0 amide bonds. The third-order valence-corrected chi connectivity index (χ3v) is 1.64. The minimum absolute atomic E-state index is 0. The molecule has 0 bridgehead atoms. The molecule has 0 aliphatic carbocycles. The molecule has 0 saturated carbocycles. The van der Waals surface area contributed by atoms with E-state index in [4.69, 9.17) is 22.3 Å². The third-order valence-electron chi connectivity index (χ3n) is 1.64. The molecule has 0 fully saturated rings. The fraction of sp³-hybridized carbons (Fsp3) is 0. The van der Waals surface area contributed by atoms with E-state index >= 15 is 0 Å². The van der Waals surface area contributed by atoms with Crippen LogP contribution in [-0.4, -0.2) is 23.0 Å². The zero-order valence-electron chi connectivity index (χ0n) is 8.72. The highest BCUT2D eigenvalue weighted by atomic mass is 35.5. The lowest BCUT2D eigenvalue weighted by Crippen LogP contribution is -3.00. The van der Waals surface area contributed by atoms with E-state index in [9.17, 15) is 4.79 Å². The molecule has 7 nitrogen and oxygen atoms in total. The van der Waals surface area contributed by atoms with Crippen molar-refractivity contribution in [2.45, 2.75) is 0 Å². The van der Waals surface area contributed by atoms with Crippen LogP contribution in [0.1, 0.15) is 10.4 Å². The van der Waals surface area contributed by atoms with E-state index < -0.39 is 5.97 Å². The van der Waals surface area contributed by atoms with Crippen LogP contribution >= 0.6 is 0 Å². The molecule has 92 valence electrons. The molecule has 0 spiro atoms. The van der Waals surface area contributed by atoms with Gasteiger partial charge in [0, 0.05) is 0 Å². The van der Waals surface area contributed by atoms with E-state index in [1.54, 1.807) is 0 Å². The van der Waals surface area contributed by atoms with E-state index in [1.165, 1.54) is 24.3 Å². The summed E-state index contributed by atoms with van der Waals surface area (Å²) in [7, 11) is 0. The molecule has 1 aromatic carbocycles. The fourth-order valence-electron chi connectivity index (χ4n) is 0.993. The Hall–Kier alpha value is -2.28. The van der Waals surface area contributed by atoms with Gasteiger partial charge in [0.2, 0.25) is 0 Å². The van der Waals surface area contributed by atoms with Gasteiger partial charge in [-0.1, -0.05) is 0 Å². The molecule has 0 aliphatic heterocycles. The van der Waals surface area contributed by atoms with Gasteiger partial charge in [0.05, 0.1) is 5.56 Å². The second kappa shape index (κ2) is 6.33. The molecular weight excluding hydrogens is 246 g/mol. The van der Waals surface area contributed by atoms with E-state index in [-0.39, 0.29) is 29.9 Å². The van der Waals surface area contributed by atoms with Crippen LogP contribution in [0.2, 0.25) is 0 Å². The Morgan fingerprint density at radius 3 is 2.12 bits per heavy atom. The van der Waals surface area contributed by atoms with Crippen LogP contribution in [0.5, 0.6) is 0 Å². The first-order valence-corrected chi connectivity index (χ1v) is 4.31. The Balaban J connectivity index is 0.00000256. The highest BCUT2D eigenvalue weighted by molar-refractivity contribution is 5.88. The molecule has 0 saturated heterocycles. The van der Waals surface area contributed by atoms with Crippen molar-refractivity contribution >= 4 is 23.6 Å². The molecule has 0 aromatic heterocycles. The van der Waals surface area contributed by atoms with Gasteiger partial charge in [-0.2, -0.15) is 0 Å². The summed E-state index contributed by atoms with van der Waals surface area (Å²) in [5.74, 6) is -1.03. The van der Waals surface area contributed by atoms with Gasteiger partial charge in [0.25, 0.3) is 5.96 Å². The number of nitrogens with one attached hydrogen (secondary N) is 1. The Morgan fingerprint density at radius 2 is 1.71 bits per heavy atom. The highest BCUT2D eigenvalue weighted by Gasteiger charge is 2.02. The molecule has 0 heterocycles. The molecule has 8 heteroatoms. The quantitative estimate of drug-likeness (QED) is 0.266. The van der Waals surface area contributed by atoms with Gasteiger partial charge in [-0.05, 0) is 24.3 Å². The summed E-state index contributed by atoms with van der Waals surface area (Å²) in [6, 6.07) is 5.88. The number of benzene rings is 1. The molecule has 8 N–H and O–H groups in total. The Bertz CT molecular complexity index is 451. The number of carboxylic acid groups (broad SMARTS) is 1. The number of carbonyl (C=O) groups is 1. The number of hydrogen-bond acceptors (Lipinski definition) is 2. The van der Waals surface area contributed by atoms with Crippen molar-refractivity contribution in [1.29, 1.82) is 0 Å². The lowest BCUT2D eigenvalue weighted by Gasteiger charge is -1.94. The summed E-state index contributed by atoms with van der Waals surface area (Å²) < 4.78 is 0. The SMILES string of the molecule is NC(=Nc1ccc(C(=O)O)cc1)[NH+]=C(N)N.[Cl-]. The molecule has 0 radical (unpaired) electrons. The number of nitrogens with two attached hydrogens (primary N) is 3. The van der Waals surface area contributed by atoms with Gasteiger partial charge in [0.15, 0.2) is 0 Å². The van der Waals surface area contributed by atoms with Crippen molar-refractivity contribution < 1.29 is 27.3 Å². The van der Waals surface area contributed by atoms with E-state index in [2.05, 4.69) is 9.98 Å². The van der Waals surface area contributed by atoms with Crippen molar-refractivity contribution in [1.82, 2.24) is 0 Å². The second-order valence-corrected chi connectivity index (χ2v) is 2.93. The number of carboxylic acids is 1. The van der Waals surface area contributed by atoms with Gasteiger partial charge in [-0.3, -0.25) is 0 Å². The third kappa shape index (κ3) is 4.85. The van der Waals surface area contributed by atoms with Crippen LogP contribution in [-0.2, 0) is 0 Å². The smallest absolute Gasteiger partial charge is 0.335 e. The van der Waals surface area contributed by atoms with Crippen LogP contribution in [0, 0.1) is 0 Å². The average Bonchev–Trinajstić information content (AvgIpc) is 2.16. The van der Waals surface area contributed by atoms with Gasteiger partial charge in [-0.15, -0.1) is 4.99 Å². The fourth-order valence-corrected chi connectivity index (χ4v) is 0.993. The lowest BCUT2D eigenvalue weighted by molar-refractivity contribution is -0.320. The molecule has 1 aromatic rings. The summed E-state index contributed by atoms with van der Waals surface area (Å²) in [4.78, 5) is 16.9. The lowest BCUT2D eigenvalue weighted by atomic mass is 10.2. The molecule has 0 atom stereocenters. The molecule has 17 heavy (non-hydrogen) atoms. The summed E-state index contributed by atoms with van der Waals surface area (Å²) in [5, 5.41) is 8.67. The van der Waals surface area contributed by atoms with E-state index in [1.807, 2.05) is 0 Å². The van der Waals surface area contributed by atoms with Crippen molar-refractivity contribution in [2.75, 3.05) is 0 Å². The van der Waals surface area contributed by atoms with Crippen LogP contribution in [0.4, 0.5) is 5.69 Å². The zero-order valence-corrected chi connectivity index (χ0v) is 9.48. The molecule has 0 aliphatic rings. The Labute approximate surface area is 103 Å². The zero-order chi connectivity index (χ0) is 12.1. The maximum absolute atomic E-state index is 10.6. The van der Waals surface area contributed by atoms with Crippen LogP contribution in [0.25, 0.3) is 0 Å². The van der Waals surface area contributed by atoms with Gasteiger partial charge in [0.1, 0.15) is 5.69 Å². The molecular formula is C9H12ClN5O2. The van der Waals surface area contributed by atoms with E-state index in [0.717, 1.165) is 0 Å². The van der Waals surface area contributed by atoms with Crippen molar-refractivity contribution in [2.24, 2.45) is 22.2 Å². The number of rotatable bonds is 2. The molecule has 0 unspecified atom stereocenters. The first-order valence-electron chi connectivity index (χ1n) is 4.31. The largest absolute Gasteiger partial charge is 1.00 e. The summed E-state index contributed by atoms with van der Waals surface area (Å²) >= 11 is 0. The number of nitrogens with zero attached hydrogens (tertiary/aromatic N) is 1. The number of aliphatic imine (C=N–C) groups is 1. The summed E-state index contributed by atoms with van der Waals surface area (Å²) in [6.07, 6.45) is 0. The highest BCUT2D eigenvalue weighted by Crippen LogP contribution is 2.12. The maximum Gasteiger partial charge on any atom is 0.335 e. The molecule has 1 rings (SSSR count). The first-order chi connectivity index (χ1) is 7.49. The minimum Gasteiger partial charge on any atom is -1.00 e. The Kier molecular flexibility index (Phi) is 5.48. The minimum atomic E-state index is -0.999. The monoisotopic (exact) mass is 257 g/mol. The summed E-state index contributed by atoms with van der Waals surface area (Å²) in [5.41, 5.74) is 16.4. The topological polar surface area (TPSA) is 142 Å². The van der Waals surface area contributed by atoms with Crippen LogP contribution in [0.3, 0.4) is 0 Å². The van der Waals surface area contributed by atoms with Crippen molar-refractivity contribution in [3.05, 3.63) is 29.8 Å². The predicted octanol–water partition coefficient (Wildman–Crippen LogP) is -5.31. The van der Waals surface area contributed by atoms with Crippen LogP contribution < -0.4 is 34.6 Å². The van der Waals surface area contributed by atoms with Gasteiger partial charge >= 0.3 is 11.9 Å². The normalized spacial score (nSPS) is 10.2. The number of guanidine groups is 2. The van der Waals surface area contributed by atoms with Crippen molar-refractivity contribution in [3.63, 3.8) is 0 Å². The average molecular weight is 258 g/mol.